The van der Waals surface area contributed by atoms with Crippen LogP contribution >= 0.6 is 0 Å². The van der Waals surface area contributed by atoms with Gasteiger partial charge in [0.1, 0.15) is 12.1 Å². The molecule has 3 heterocycles. The highest BCUT2D eigenvalue weighted by atomic mass is 16.7. The lowest BCUT2D eigenvalue weighted by Crippen LogP contribution is -2.53. The molecule has 5 nitrogen and oxygen atoms in total. The minimum atomic E-state index is 0.315. The molecule has 2 aromatic carbocycles. The van der Waals surface area contributed by atoms with Gasteiger partial charge in [-0.1, -0.05) is 6.07 Å². The first-order valence-electron chi connectivity index (χ1n) is 9.04. The lowest BCUT2D eigenvalue weighted by molar-refractivity contribution is -0.955. The third-order valence-corrected chi connectivity index (χ3v) is 6.43. The van der Waals surface area contributed by atoms with Crippen LogP contribution in [-0.2, 0) is 12.8 Å². The van der Waals surface area contributed by atoms with Crippen molar-refractivity contribution in [3.05, 3.63) is 46.5 Å². The SMILES string of the molecule is COc1ccc2c(c1OC)C1Cc3cc4c(cc3C(C2)[N+]1(C)C)OCO4. The Bertz CT molecular complexity index is 905. The second-order valence-electron chi connectivity index (χ2n) is 7.85. The normalized spacial score (nSPS) is 23.8. The Morgan fingerprint density at radius 3 is 2.38 bits per heavy atom. The van der Waals surface area contributed by atoms with Gasteiger partial charge in [-0.25, -0.2) is 0 Å². The van der Waals surface area contributed by atoms with Gasteiger partial charge in [-0.3, -0.25) is 0 Å². The van der Waals surface area contributed by atoms with Crippen LogP contribution in [0.3, 0.4) is 0 Å². The van der Waals surface area contributed by atoms with E-state index in [9.17, 15) is 0 Å². The minimum absolute atomic E-state index is 0.315. The summed E-state index contributed by atoms with van der Waals surface area (Å²) in [5.74, 6) is 3.43. The molecule has 0 aliphatic carbocycles. The van der Waals surface area contributed by atoms with Crippen LogP contribution in [0.1, 0.15) is 34.3 Å². The summed E-state index contributed by atoms with van der Waals surface area (Å²) in [7, 11) is 8.08. The van der Waals surface area contributed by atoms with E-state index in [-0.39, 0.29) is 0 Å². The van der Waals surface area contributed by atoms with Crippen LogP contribution < -0.4 is 18.9 Å². The lowest BCUT2D eigenvalue weighted by Gasteiger charge is -2.52. The Hall–Kier alpha value is -2.40. The van der Waals surface area contributed by atoms with Crippen LogP contribution in [0.2, 0.25) is 0 Å². The van der Waals surface area contributed by atoms with E-state index in [4.69, 9.17) is 18.9 Å². The fraction of sp³-hybridized carbons (Fsp3) is 0.429. The molecule has 26 heavy (non-hydrogen) atoms. The van der Waals surface area contributed by atoms with Gasteiger partial charge in [0, 0.05) is 18.4 Å². The first-order valence-corrected chi connectivity index (χ1v) is 9.04. The monoisotopic (exact) mass is 354 g/mol. The summed E-state index contributed by atoms with van der Waals surface area (Å²) in [6.07, 6.45) is 1.93. The predicted octanol–water partition coefficient (Wildman–Crippen LogP) is 3.40. The summed E-state index contributed by atoms with van der Waals surface area (Å²) in [4.78, 5) is 0. The molecule has 2 atom stereocenters. The molecule has 0 saturated carbocycles. The van der Waals surface area contributed by atoms with Gasteiger partial charge in [0.2, 0.25) is 6.79 Å². The third kappa shape index (κ3) is 1.95. The maximum absolute atomic E-state index is 5.80. The largest absolute Gasteiger partial charge is 0.493 e. The Labute approximate surface area is 153 Å². The van der Waals surface area contributed by atoms with Gasteiger partial charge in [-0.05, 0) is 29.3 Å². The number of likely N-dealkylation sites (N-methyl/N-ethyl adjacent to an activating group) is 1. The van der Waals surface area contributed by atoms with E-state index in [0.29, 0.717) is 18.9 Å². The molecule has 0 aromatic heterocycles. The van der Waals surface area contributed by atoms with Crippen molar-refractivity contribution < 1.29 is 23.4 Å². The third-order valence-electron chi connectivity index (χ3n) is 6.43. The van der Waals surface area contributed by atoms with Crippen molar-refractivity contribution in [3.63, 3.8) is 0 Å². The van der Waals surface area contributed by atoms with Crippen molar-refractivity contribution in [3.8, 4) is 23.0 Å². The smallest absolute Gasteiger partial charge is 0.231 e. The van der Waals surface area contributed by atoms with Crippen LogP contribution in [0.25, 0.3) is 0 Å². The summed E-state index contributed by atoms with van der Waals surface area (Å²) in [5, 5.41) is 0. The van der Waals surface area contributed by atoms with Gasteiger partial charge in [0.05, 0.1) is 33.9 Å². The molecule has 3 aliphatic heterocycles. The molecule has 2 aromatic rings. The number of fused-ring (bicyclic) bond motifs is 7. The Morgan fingerprint density at radius 1 is 0.923 bits per heavy atom. The molecule has 2 unspecified atom stereocenters. The zero-order valence-corrected chi connectivity index (χ0v) is 15.7. The van der Waals surface area contributed by atoms with Crippen LogP contribution in [0.4, 0.5) is 0 Å². The van der Waals surface area contributed by atoms with Gasteiger partial charge in [-0.2, -0.15) is 0 Å². The van der Waals surface area contributed by atoms with E-state index >= 15 is 0 Å². The van der Waals surface area contributed by atoms with Gasteiger partial charge >= 0.3 is 0 Å². The number of hydrogen-bond acceptors (Lipinski definition) is 4. The van der Waals surface area contributed by atoms with Gasteiger partial charge in [0.25, 0.3) is 0 Å². The second-order valence-corrected chi connectivity index (χ2v) is 7.85. The highest BCUT2D eigenvalue weighted by molar-refractivity contribution is 5.57. The van der Waals surface area contributed by atoms with Crippen LogP contribution in [0.5, 0.6) is 23.0 Å². The lowest BCUT2D eigenvalue weighted by atomic mass is 9.74. The summed E-state index contributed by atoms with van der Waals surface area (Å²) in [6, 6.07) is 9.32. The number of quaternary nitrogens is 1. The molecule has 3 aliphatic rings. The van der Waals surface area contributed by atoms with E-state index in [1.807, 2.05) is 6.07 Å². The second kappa shape index (κ2) is 5.30. The molecule has 0 N–H and O–H groups in total. The molecule has 0 saturated heterocycles. The maximum Gasteiger partial charge on any atom is 0.231 e. The number of rotatable bonds is 2. The Morgan fingerprint density at radius 2 is 1.65 bits per heavy atom. The number of benzene rings is 2. The van der Waals surface area contributed by atoms with Crippen LogP contribution in [-0.4, -0.2) is 39.6 Å². The van der Waals surface area contributed by atoms with Crippen LogP contribution in [0, 0.1) is 0 Å². The highest BCUT2D eigenvalue weighted by Gasteiger charge is 2.50. The van der Waals surface area contributed by atoms with Crippen molar-refractivity contribution in [2.24, 2.45) is 0 Å². The van der Waals surface area contributed by atoms with Crippen molar-refractivity contribution in [1.82, 2.24) is 0 Å². The van der Waals surface area contributed by atoms with E-state index in [2.05, 4.69) is 32.3 Å². The molecule has 5 rings (SSSR count). The van der Waals surface area contributed by atoms with Crippen molar-refractivity contribution in [2.45, 2.75) is 24.9 Å². The summed E-state index contributed by atoms with van der Waals surface area (Å²) in [5.41, 5.74) is 5.39. The first-order chi connectivity index (χ1) is 12.5. The predicted molar refractivity (Wildman–Crippen MR) is 97.1 cm³/mol. The molecule has 2 bridgehead atoms. The van der Waals surface area contributed by atoms with E-state index in [1.165, 1.54) is 22.3 Å². The zero-order chi connectivity index (χ0) is 18.1. The topological polar surface area (TPSA) is 36.9 Å². The maximum atomic E-state index is 5.80. The molecular formula is C21H24NO4+. The summed E-state index contributed by atoms with van der Waals surface area (Å²) < 4.78 is 23.5. The molecule has 5 heteroatoms. The highest BCUT2D eigenvalue weighted by Crippen LogP contribution is 2.55. The summed E-state index contributed by atoms with van der Waals surface area (Å²) in [6.45, 7) is 0.315. The van der Waals surface area contributed by atoms with E-state index < -0.39 is 0 Å². The average Bonchev–Trinajstić information content (AvgIpc) is 3.07. The Balaban J connectivity index is 1.71. The summed E-state index contributed by atoms with van der Waals surface area (Å²) >= 11 is 0. The molecule has 0 amide bonds. The molecule has 0 spiro atoms. The fourth-order valence-corrected chi connectivity index (χ4v) is 5.03. The average molecular weight is 354 g/mol. The number of hydrogen-bond donors (Lipinski definition) is 0. The number of ether oxygens (including phenoxy) is 4. The van der Waals surface area contributed by atoms with E-state index in [0.717, 1.165) is 40.3 Å². The fourth-order valence-electron chi connectivity index (χ4n) is 5.03. The quantitative estimate of drug-likeness (QED) is 0.775. The first kappa shape index (κ1) is 15.8. The molecular weight excluding hydrogens is 330 g/mol. The van der Waals surface area contributed by atoms with Gasteiger partial charge < -0.3 is 23.4 Å². The van der Waals surface area contributed by atoms with Crippen molar-refractivity contribution in [1.29, 1.82) is 0 Å². The van der Waals surface area contributed by atoms with E-state index in [1.54, 1.807) is 14.2 Å². The van der Waals surface area contributed by atoms with Gasteiger partial charge in [-0.15, -0.1) is 0 Å². The molecule has 136 valence electrons. The van der Waals surface area contributed by atoms with Crippen LogP contribution in [0.15, 0.2) is 24.3 Å². The molecule has 0 radical (unpaired) electrons. The van der Waals surface area contributed by atoms with Crippen molar-refractivity contribution >= 4 is 0 Å². The number of nitrogens with zero attached hydrogens (tertiary/aromatic N) is 1. The van der Waals surface area contributed by atoms with Crippen molar-refractivity contribution in [2.75, 3.05) is 35.1 Å². The minimum Gasteiger partial charge on any atom is -0.493 e. The standard InChI is InChI=1S/C21H24NO4/c1-22(2)15-7-12-5-6-17(23-3)21(24-4)20(12)16(22)8-13-9-18-19(10-14(13)15)26-11-25-18/h5-6,9-10,15-16H,7-8,11H2,1-4H3/q+1. The Kier molecular flexibility index (Phi) is 3.23. The van der Waals surface area contributed by atoms with Gasteiger partial charge in [0.15, 0.2) is 23.0 Å². The number of methoxy groups -OCH3 is 2. The molecule has 0 fully saturated rings. The zero-order valence-electron chi connectivity index (χ0n) is 15.7.